The van der Waals surface area contributed by atoms with Crippen molar-refractivity contribution >= 4 is 44.2 Å². The molecule has 11 heteroatoms. The van der Waals surface area contributed by atoms with Crippen molar-refractivity contribution in [1.29, 1.82) is 0 Å². The highest BCUT2D eigenvalue weighted by atomic mass is 35.5. The Hall–Kier alpha value is -3.63. The number of benzene rings is 2. The van der Waals surface area contributed by atoms with Crippen LogP contribution in [0, 0.1) is 0 Å². The zero-order valence-electron chi connectivity index (χ0n) is 16.9. The van der Waals surface area contributed by atoms with E-state index in [1.54, 1.807) is 40.8 Å². The highest BCUT2D eigenvalue weighted by Gasteiger charge is 2.12. The second-order valence-electron chi connectivity index (χ2n) is 7.01. The molecule has 1 unspecified atom stereocenters. The number of para-hydroxylation sites is 1. The lowest BCUT2D eigenvalue weighted by molar-refractivity contribution is 0.193. The van der Waals surface area contributed by atoms with Crippen molar-refractivity contribution in [1.82, 2.24) is 35.2 Å². The smallest absolute Gasteiger partial charge is 0.228 e. The highest BCUT2D eigenvalue weighted by Crippen LogP contribution is 2.32. The van der Waals surface area contributed by atoms with Gasteiger partial charge in [-0.3, -0.25) is 0 Å². The summed E-state index contributed by atoms with van der Waals surface area (Å²) in [5.41, 5.74) is 2.68. The predicted octanol–water partition coefficient (Wildman–Crippen LogP) is 4.60. The number of rotatable bonds is 7. The van der Waals surface area contributed by atoms with Crippen molar-refractivity contribution in [2.24, 2.45) is 0 Å². The highest BCUT2D eigenvalue weighted by molar-refractivity contribution is 7.22. The number of fused-ring (bicyclic) bond motifs is 1. The first-order valence-electron chi connectivity index (χ1n) is 9.76. The maximum absolute atomic E-state index is 6.34. The number of hydrogen-bond donors (Lipinski definition) is 1. The Morgan fingerprint density at radius 3 is 2.75 bits per heavy atom. The van der Waals surface area contributed by atoms with Gasteiger partial charge >= 0.3 is 0 Å². The Morgan fingerprint density at radius 1 is 1.12 bits per heavy atom. The monoisotopic (exact) mass is 464 g/mol. The molecule has 0 bridgehead atoms. The van der Waals surface area contributed by atoms with Crippen LogP contribution in [0.25, 0.3) is 21.3 Å². The molecule has 2 aromatic carbocycles. The average molecular weight is 465 g/mol. The summed E-state index contributed by atoms with van der Waals surface area (Å²) in [6, 6.07) is 13.5. The lowest BCUT2D eigenvalue weighted by atomic mass is 10.1. The van der Waals surface area contributed by atoms with Gasteiger partial charge in [0.05, 0.1) is 21.8 Å². The van der Waals surface area contributed by atoms with E-state index in [9.17, 15) is 0 Å². The van der Waals surface area contributed by atoms with E-state index in [1.807, 2.05) is 43.3 Å². The maximum Gasteiger partial charge on any atom is 0.228 e. The standard InChI is InChI=1S/C21H17ClN8OS/c1-13(11-30-12-25-28-29-30)31-18-8-14(6-7-16(18)22)15-9-23-20(24-10-15)27-21-26-17-4-2-3-5-19(17)32-21/h2-10,12-13H,11H2,1H3,(H,23,24,26,27). The number of hydrogen-bond acceptors (Lipinski definition) is 9. The second-order valence-corrected chi connectivity index (χ2v) is 8.45. The molecule has 0 fully saturated rings. The zero-order valence-corrected chi connectivity index (χ0v) is 18.5. The number of halogens is 1. The fourth-order valence-corrected chi connectivity index (χ4v) is 4.14. The van der Waals surface area contributed by atoms with Crippen LogP contribution in [-0.2, 0) is 6.54 Å². The molecule has 1 atom stereocenters. The predicted molar refractivity (Wildman–Crippen MR) is 123 cm³/mol. The normalized spacial score (nSPS) is 12.1. The van der Waals surface area contributed by atoms with Gasteiger partial charge in [0.1, 0.15) is 18.2 Å². The number of tetrazole rings is 1. The van der Waals surface area contributed by atoms with Crippen LogP contribution < -0.4 is 10.1 Å². The number of aromatic nitrogens is 7. The first-order valence-corrected chi connectivity index (χ1v) is 11.0. The molecule has 0 spiro atoms. The Bertz CT molecular complexity index is 1310. The van der Waals surface area contributed by atoms with E-state index in [-0.39, 0.29) is 6.10 Å². The van der Waals surface area contributed by atoms with Gasteiger partial charge in [0, 0.05) is 18.0 Å². The number of thiazole rings is 1. The van der Waals surface area contributed by atoms with Crippen molar-refractivity contribution in [3.05, 3.63) is 66.2 Å². The Labute approximate surface area is 192 Å². The molecule has 0 saturated heterocycles. The molecule has 0 aliphatic carbocycles. The van der Waals surface area contributed by atoms with Gasteiger partial charge in [0.2, 0.25) is 5.95 Å². The minimum absolute atomic E-state index is 0.178. The lowest BCUT2D eigenvalue weighted by Gasteiger charge is -2.16. The zero-order chi connectivity index (χ0) is 21.9. The first kappa shape index (κ1) is 20.3. The molecule has 0 amide bonds. The van der Waals surface area contributed by atoms with Gasteiger partial charge in [-0.05, 0) is 47.2 Å². The van der Waals surface area contributed by atoms with E-state index in [0.717, 1.165) is 26.5 Å². The molecule has 9 nitrogen and oxygen atoms in total. The Balaban J connectivity index is 1.30. The van der Waals surface area contributed by atoms with Crippen LogP contribution in [0.1, 0.15) is 6.92 Å². The van der Waals surface area contributed by atoms with Crippen molar-refractivity contribution in [2.75, 3.05) is 5.32 Å². The van der Waals surface area contributed by atoms with E-state index in [2.05, 4.69) is 35.8 Å². The SMILES string of the molecule is CC(Cn1cnnn1)Oc1cc(-c2cnc(Nc3nc4ccccc4s3)nc2)ccc1Cl. The van der Waals surface area contributed by atoms with Crippen molar-refractivity contribution in [3.8, 4) is 16.9 Å². The Kier molecular flexibility index (Phi) is 5.61. The minimum atomic E-state index is -0.178. The summed E-state index contributed by atoms with van der Waals surface area (Å²) in [7, 11) is 0. The molecular formula is C21H17ClN8OS. The topological polar surface area (TPSA) is 104 Å². The maximum atomic E-state index is 6.34. The Morgan fingerprint density at radius 2 is 1.97 bits per heavy atom. The number of anilines is 2. The van der Waals surface area contributed by atoms with Gasteiger partial charge in [-0.15, -0.1) is 5.10 Å². The van der Waals surface area contributed by atoms with Gasteiger partial charge in [-0.2, -0.15) is 0 Å². The van der Waals surface area contributed by atoms with E-state index in [1.165, 1.54) is 0 Å². The van der Waals surface area contributed by atoms with Gasteiger partial charge < -0.3 is 10.1 Å². The van der Waals surface area contributed by atoms with Gasteiger partial charge in [-0.1, -0.05) is 41.1 Å². The molecule has 160 valence electrons. The number of nitrogens with one attached hydrogen (secondary N) is 1. The molecule has 5 aromatic rings. The third-order valence-electron chi connectivity index (χ3n) is 4.59. The number of ether oxygens (including phenoxy) is 1. The van der Waals surface area contributed by atoms with Gasteiger partial charge in [0.25, 0.3) is 0 Å². The molecule has 0 aliphatic rings. The van der Waals surface area contributed by atoms with Crippen LogP contribution >= 0.6 is 22.9 Å². The summed E-state index contributed by atoms with van der Waals surface area (Å²) >= 11 is 7.89. The van der Waals surface area contributed by atoms with Crippen LogP contribution in [0.5, 0.6) is 5.75 Å². The van der Waals surface area contributed by atoms with Gasteiger partial charge in [-0.25, -0.2) is 19.6 Å². The second kappa shape index (κ2) is 8.85. The summed E-state index contributed by atoms with van der Waals surface area (Å²) < 4.78 is 8.71. The van der Waals surface area contributed by atoms with Crippen molar-refractivity contribution in [3.63, 3.8) is 0 Å². The summed E-state index contributed by atoms with van der Waals surface area (Å²) in [5.74, 6) is 1.05. The van der Waals surface area contributed by atoms with Crippen molar-refractivity contribution < 1.29 is 4.74 Å². The summed E-state index contributed by atoms with van der Waals surface area (Å²) in [5, 5.41) is 15.5. The molecule has 3 heterocycles. The molecule has 0 radical (unpaired) electrons. The molecule has 1 N–H and O–H groups in total. The first-order chi connectivity index (χ1) is 15.6. The summed E-state index contributed by atoms with van der Waals surface area (Å²) in [4.78, 5) is 13.4. The molecule has 3 aromatic heterocycles. The summed E-state index contributed by atoms with van der Waals surface area (Å²) in [6.45, 7) is 2.43. The molecule has 0 saturated carbocycles. The van der Waals surface area contributed by atoms with E-state index in [4.69, 9.17) is 16.3 Å². The minimum Gasteiger partial charge on any atom is -0.487 e. The van der Waals surface area contributed by atoms with E-state index >= 15 is 0 Å². The van der Waals surface area contributed by atoms with Crippen LogP contribution in [-0.4, -0.2) is 41.3 Å². The quantitative estimate of drug-likeness (QED) is 0.372. The average Bonchev–Trinajstić information content (AvgIpc) is 3.45. The molecule has 32 heavy (non-hydrogen) atoms. The molecule has 5 rings (SSSR count). The van der Waals surface area contributed by atoms with E-state index < -0.39 is 0 Å². The van der Waals surface area contributed by atoms with Crippen LogP contribution in [0.2, 0.25) is 5.02 Å². The van der Waals surface area contributed by atoms with Gasteiger partial charge in [0.15, 0.2) is 5.13 Å². The number of nitrogens with zero attached hydrogens (tertiary/aromatic N) is 7. The fraction of sp³-hybridized carbons (Fsp3) is 0.143. The lowest BCUT2D eigenvalue weighted by Crippen LogP contribution is -2.20. The van der Waals surface area contributed by atoms with E-state index in [0.29, 0.717) is 23.3 Å². The van der Waals surface area contributed by atoms with Crippen LogP contribution in [0.15, 0.2) is 61.2 Å². The molecular weight excluding hydrogens is 448 g/mol. The molecule has 0 aliphatic heterocycles. The van der Waals surface area contributed by atoms with Crippen LogP contribution in [0.4, 0.5) is 11.1 Å². The van der Waals surface area contributed by atoms with Crippen molar-refractivity contribution in [2.45, 2.75) is 19.6 Å². The van der Waals surface area contributed by atoms with Crippen LogP contribution in [0.3, 0.4) is 0 Å². The third kappa shape index (κ3) is 4.51. The fourth-order valence-electron chi connectivity index (χ4n) is 3.12. The largest absolute Gasteiger partial charge is 0.487 e. The summed E-state index contributed by atoms with van der Waals surface area (Å²) in [6.07, 6.45) is 4.86. The third-order valence-corrected chi connectivity index (χ3v) is 5.86.